The molecule has 28 heavy (non-hydrogen) atoms. The molecule has 0 aliphatic heterocycles. The number of hydrogen-bond donors (Lipinski definition) is 2. The van der Waals surface area contributed by atoms with Gasteiger partial charge < -0.3 is 19.7 Å². The van der Waals surface area contributed by atoms with Crippen LogP contribution in [-0.2, 0) is 11.8 Å². The fraction of sp³-hybridized carbons (Fsp3) is 0.263. The predicted octanol–water partition coefficient (Wildman–Crippen LogP) is 1.10. The summed E-state index contributed by atoms with van der Waals surface area (Å²) in [5.41, 5.74) is 1.38. The van der Waals surface area contributed by atoms with Gasteiger partial charge >= 0.3 is 0 Å². The largest absolute Gasteiger partial charge is 0.493 e. The number of carbonyl (C=O) groups excluding carboxylic acids is 1. The molecule has 2 N–H and O–H groups in total. The highest BCUT2D eigenvalue weighted by Crippen LogP contribution is 2.29. The second-order valence-electron chi connectivity index (χ2n) is 6.17. The summed E-state index contributed by atoms with van der Waals surface area (Å²) in [6.07, 6.45) is 5.26. The Kier molecular flexibility index (Phi) is 5.85. The molecule has 0 unspecified atom stereocenters. The van der Waals surface area contributed by atoms with Gasteiger partial charge in [0.05, 0.1) is 17.3 Å². The van der Waals surface area contributed by atoms with E-state index in [1.807, 2.05) is 0 Å². The van der Waals surface area contributed by atoms with Gasteiger partial charge in [-0.15, -0.1) is 0 Å². The topological polar surface area (TPSA) is 111 Å². The highest BCUT2D eigenvalue weighted by molar-refractivity contribution is 5.93. The minimum atomic E-state index is -0.231. The lowest BCUT2D eigenvalue weighted by atomic mass is 10.1. The van der Waals surface area contributed by atoms with Crippen LogP contribution in [0.25, 0.3) is 16.9 Å². The zero-order valence-electron chi connectivity index (χ0n) is 15.6. The number of nitrogens with one attached hydrogen (secondary N) is 1. The number of ether oxygens (including phenoxy) is 1. The molecule has 0 fully saturated rings. The van der Waals surface area contributed by atoms with Gasteiger partial charge in [0.1, 0.15) is 0 Å². The maximum Gasteiger partial charge on any atom is 0.252 e. The van der Waals surface area contributed by atoms with Crippen molar-refractivity contribution < 1.29 is 14.6 Å². The van der Waals surface area contributed by atoms with E-state index < -0.39 is 0 Å². The Hall–Kier alpha value is -3.46. The SMILES string of the molecule is COCCCNC(=O)c1ccc(-n2ncc(-c3ccc(=O)n(C)c3)c2O)nc1. The van der Waals surface area contributed by atoms with Crippen LogP contribution < -0.4 is 10.9 Å². The van der Waals surface area contributed by atoms with E-state index in [2.05, 4.69) is 15.4 Å². The molecule has 0 aromatic carbocycles. The normalized spacial score (nSPS) is 10.8. The maximum absolute atomic E-state index is 12.1. The number of methoxy groups -OCH3 is 1. The first kappa shape index (κ1) is 19.3. The molecule has 1 amide bonds. The molecule has 0 spiro atoms. The molecule has 0 bridgehead atoms. The average Bonchev–Trinajstić information content (AvgIpc) is 3.09. The molecule has 146 valence electrons. The van der Waals surface area contributed by atoms with Crippen molar-refractivity contribution in [3.05, 3.63) is 58.8 Å². The summed E-state index contributed by atoms with van der Waals surface area (Å²) in [6.45, 7) is 1.09. The second kappa shape index (κ2) is 8.49. The van der Waals surface area contributed by atoms with E-state index in [0.717, 1.165) is 6.42 Å². The van der Waals surface area contributed by atoms with E-state index in [1.54, 1.807) is 38.6 Å². The first-order chi connectivity index (χ1) is 13.5. The van der Waals surface area contributed by atoms with Crippen LogP contribution in [0, 0.1) is 0 Å². The Morgan fingerprint density at radius 3 is 2.75 bits per heavy atom. The summed E-state index contributed by atoms with van der Waals surface area (Å²) >= 11 is 0. The van der Waals surface area contributed by atoms with Gasteiger partial charge in [-0.1, -0.05) is 0 Å². The fourth-order valence-electron chi connectivity index (χ4n) is 2.63. The highest BCUT2D eigenvalue weighted by Gasteiger charge is 2.15. The van der Waals surface area contributed by atoms with Crippen molar-refractivity contribution in [3.63, 3.8) is 0 Å². The maximum atomic E-state index is 12.1. The van der Waals surface area contributed by atoms with Crippen LogP contribution in [0.4, 0.5) is 0 Å². The van der Waals surface area contributed by atoms with Crippen LogP contribution >= 0.6 is 0 Å². The Labute approximate surface area is 161 Å². The molecule has 0 atom stereocenters. The predicted molar refractivity (Wildman–Crippen MR) is 103 cm³/mol. The van der Waals surface area contributed by atoms with Gasteiger partial charge in [-0.25, -0.2) is 4.98 Å². The number of pyridine rings is 2. The fourth-order valence-corrected chi connectivity index (χ4v) is 2.63. The minimum absolute atomic E-state index is 0.108. The molecule has 9 heteroatoms. The Bertz CT molecular complexity index is 1020. The lowest BCUT2D eigenvalue weighted by Crippen LogP contribution is -2.25. The first-order valence-electron chi connectivity index (χ1n) is 8.69. The summed E-state index contributed by atoms with van der Waals surface area (Å²) in [5, 5.41) is 17.5. The van der Waals surface area contributed by atoms with Gasteiger partial charge in [0.2, 0.25) is 11.4 Å². The van der Waals surface area contributed by atoms with Crippen LogP contribution in [0.3, 0.4) is 0 Å². The van der Waals surface area contributed by atoms with Gasteiger partial charge in [0.15, 0.2) is 5.82 Å². The lowest BCUT2D eigenvalue weighted by molar-refractivity contribution is 0.0948. The molecule has 9 nitrogen and oxygen atoms in total. The molecule has 0 aliphatic carbocycles. The monoisotopic (exact) mass is 383 g/mol. The highest BCUT2D eigenvalue weighted by atomic mass is 16.5. The molecule has 0 saturated carbocycles. The Balaban J connectivity index is 1.77. The summed E-state index contributed by atoms with van der Waals surface area (Å²) < 4.78 is 7.62. The number of amides is 1. The van der Waals surface area contributed by atoms with Crippen LogP contribution in [-0.4, -0.2) is 50.6 Å². The van der Waals surface area contributed by atoms with Crippen molar-refractivity contribution in [1.29, 1.82) is 0 Å². The minimum Gasteiger partial charge on any atom is -0.493 e. The van der Waals surface area contributed by atoms with Gasteiger partial charge in [0.25, 0.3) is 5.91 Å². The Morgan fingerprint density at radius 2 is 2.07 bits per heavy atom. The van der Waals surface area contributed by atoms with Crippen LogP contribution in [0.2, 0.25) is 0 Å². The van der Waals surface area contributed by atoms with Crippen LogP contribution in [0.15, 0.2) is 47.7 Å². The summed E-state index contributed by atoms with van der Waals surface area (Å²) in [6, 6.07) is 6.25. The number of hydrogen-bond acceptors (Lipinski definition) is 6. The number of aromatic nitrogens is 4. The van der Waals surface area contributed by atoms with Crippen LogP contribution in [0.5, 0.6) is 5.88 Å². The van der Waals surface area contributed by atoms with E-state index in [1.165, 1.54) is 27.7 Å². The average molecular weight is 383 g/mol. The smallest absolute Gasteiger partial charge is 0.252 e. The molecular weight excluding hydrogens is 362 g/mol. The molecular formula is C19H21N5O4. The van der Waals surface area contributed by atoms with Crippen molar-refractivity contribution in [2.24, 2.45) is 7.05 Å². The zero-order valence-corrected chi connectivity index (χ0v) is 15.6. The molecule has 3 aromatic rings. The Morgan fingerprint density at radius 1 is 1.25 bits per heavy atom. The first-order valence-corrected chi connectivity index (χ1v) is 8.69. The summed E-state index contributed by atoms with van der Waals surface area (Å²) in [5.74, 6) is 0.0261. The molecule has 3 aromatic heterocycles. The van der Waals surface area contributed by atoms with Crippen molar-refractivity contribution in [2.75, 3.05) is 20.3 Å². The van der Waals surface area contributed by atoms with E-state index in [9.17, 15) is 14.7 Å². The van der Waals surface area contributed by atoms with Crippen molar-refractivity contribution in [1.82, 2.24) is 24.6 Å². The third kappa shape index (κ3) is 4.09. The third-order valence-electron chi connectivity index (χ3n) is 4.18. The number of carbonyl (C=O) groups is 1. The lowest BCUT2D eigenvalue weighted by Gasteiger charge is -2.07. The summed E-state index contributed by atoms with van der Waals surface area (Å²) in [4.78, 5) is 27.8. The van der Waals surface area contributed by atoms with Gasteiger partial charge in [-0.3, -0.25) is 9.59 Å². The second-order valence-corrected chi connectivity index (χ2v) is 6.17. The quantitative estimate of drug-likeness (QED) is 0.591. The zero-order chi connectivity index (χ0) is 20.1. The third-order valence-corrected chi connectivity index (χ3v) is 4.18. The van der Waals surface area contributed by atoms with Crippen molar-refractivity contribution >= 4 is 5.91 Å². The number of nitrogens with zero attached hydrogens (tertiary/aromatic N) is 4. The van der Waals surface area contributed by atoms with E-state index >= 15 is 0 Å². The standard InChI is InChI=1S/C19H21N5O4/c1-23-12-14(5-7-17(23)25)15-11-22-24(19(15)27)16-6-4-13(10-21-16)18(26)20-8-3-9-28-2/h4-7,10-12,27H,3,8-9H2,1-2H3,(H,20,26). The molecule has 0 saturated heterocycles. The number of aryl methyl sites for hydroxylation is 1. The van der Waals surface area contributed by atoms with Gasteiger partial charge in [-0.05, 0) is 24.6 Å². The van der Waals surface area contributed by atoms with Crippen molar-refractivity contribution in [2.45, 2.75) is 6.42 Å². The van der Waals surface area contributed by atoms with E-state index in [0.29, 0.717) is 35.7 Å². The van der Waals surface area contributed by atoms with E-state index in [-0.39, 0.29) is 17.3 Å². The molecule has 0 aliphatic rings. The van der Waals surface area contributed by atoms with Crippen molar-refractivity contribution in [3.8, 4) is 22.8 Å². The molecule has 3 heterocycles. The number of aromatic hydroxyl groups is 1. The molecule has 0 radical (unpaired) electrons. The van der Waals surface area contributed by atoms with E-state index in [4.69, 9.17) is 4.74 Å². The summed E-state index contributed by atoms with van der Waals surface area (Å²) in [7, 11) is 3.24. The van der Waals surface area contributed by atoms with Gasteiger partial charge in [-0.2, -0.15) is 9.78 Å². The number of rotatable bonds is 7. The van der Waals surface area contributed by atoms with Gasteiger partial charge in [0, 0.05) is 51.3 Å². The molecule has 3 rings (SSSR count). The van der Waals surface area contributed by atoms with Crippen LogP contribution in [0.1, 0.15) is 16.8 Å².